The third kappa shape index (κ3) is 3.56. The van der Waals surface area contributed by atoms with Gasteiger partial charge < -0.3 is 10.8 Å². The maximum Gasteiger partial charge on any atom is 0.0502 e. The Morgan fingerprint density at radius 2 is 1.78 bits per heavy atom. The molecule has 1 unspecified atom stereocenters. The molecule has 0 aliphatic heterocycles. The van der Waals surface area contributed by atoms with Crippen molar-refractivity contribution < 1.29 is 5.11 Å². The van der Waals surface area contributed by atoms with E-state index in [-0.39, 0.29) is 12.0 Å². The molecule has 1 aromatic rings. The number of aliphatic hydroxyl groups excluding tert-OH is 1. The molecule has 2 heteroatoms. The smallest absolute Gasteiger partial charge is 0.0502 e. The van der Waals surface area contributed by atoms with Gasteiger partial charge in [0.15, 0.2) is 0 Å². The standard InChI is InChI=1S/C16H27NO/c1-12(2)8-16(10-17,11-18)9-15-13(3)6-5-7-14(15)4/h5-7,12,18H,8-11,17H2,1-4H3. The Bertz CT molecular complexity index is 360. The van der Waals surface area contributed by atoms with Crippen molar-refractivity contribution in [3.8, 4) is 0 Å². The third-order valence-corrected chi connectivity index (χ3v) is 3.81. The molecule has 0 bridgehead atoms. The highest BCUT2D eigenvalue weighted by molar-refractivity contribution is 5.34. The van der Waals surface area contributed by atoms with Crippen LogP contribution >= 0.6 is 0 Å². The highest BCUT2D eigenvalue weighted by Gasteiger charge is 2.30. The fourth-order valence-electron chi connectivity index (χ4n) is 2.78. The fourth-order valence-corrected chi connectivity index (χ4v) is 2.78. The van der Waals surface area contributed by atoms with Gasteiger partial charge in [0.25, 0.3) is 0 Å². The second-order valence-corrected chi connectivity index (χ2v) is 6.01. The zero-order chi connectivity index (χ0) is 13.8. The summed E-state index contributed by atoms with van der Waals surface area (Å²) in [6.45, 7) is 9.34. The van der Waals surface area contributed by atoms with Crippen LogP contribution in [0.2, 0.25) is 0 Å². The van der Waals surface area contributed by atoms with Crippen LogP contribution in [0.15, 0.2) is 18.2 Å². The van der Waals surface area contributed by atoms with Crippen molar-refractivity contribution in [2.45, 2.75) is 40.5 Å². The molecule has 18 heavy (non-hydrogen) atoms. The molecule has 0 aliphatic rings. The summed E-state index contributed by atoms with van der Waals surface area (Å²) in [4.78, 5) is 0. The molecule has 1 rings (SSSR count). The lowest BCUT2D eigenvalue weighted by molar-refractivity contribution is 0.107. The summed E-state index contributed by atoms with van der Waals surface area (Å²) in [5, 5.41) is 9.79. The van der Waals surface area contributed by atoms with Gasteiger partial charge in [-0.1, -0.05) is 32.0 Å². The number of aliphatic hydroxyl groups is 1. The number of benzene rings is 1. The van der Waals surface area contributed by atoms with Gasteiger partial charge in [-0.2, -0.15) is 0 Å². The Kier molecular flexibility index (Phi) is 5.36. The minimum Gasteiger partial charge on any atom is -0.396 e. The number of hydrogen-bond acceptors (Lipinski definition) is 2. The molecule has 0 saturated heterocycles. The summed E-state index contributed by atoms with van der Waals surface area (Å²) in [5.74, 6) is 0.546. The van der Waals surface area contributed by atoms with Crippen LogP contribution in [-0.2, 0) is 6.42 Å². The van der Waals surface area contributed by atoms with Crippen LogP contribution < -0.4 is 5.73 Å². The maximum absolute atomic E-state index is 9.79. The predicted octanol–water partition coefficient (Wildman–Crippen LogP) is 2.83. The molecule has 0 radical (unpaired) electrons. The van der Waals surface area contributed by atoms with E-state index >= 15 is 0 Å². The zero-order valence-corrected chi connectivity index (χ0v) is 12.2. The first kappa shape index (κ1) is 15.2. The van der Waals surface area contributed by atoms with E-state index in [1.54, 1.807) is 0 Å². The van der Waals surface area contributed by atoms with Crippen LogP contribution in [0, 0.1) is 25.2 Å². The summed E-state index contributed by atoms with van der Waals surface area (Å²) in [5.41, 5.74) is 9.72. The van der Waals surface area contributed by atoms with Crippen molar-refractivity contribution in [3.63, 3.8) is 0 Å². The molecule has 0 saturated carbocycles. The molecule has 0 fully saturated rings. The van der Waals surface area contributed by atoms with Gasteiger partial charge in [-0.05, 0) is 49.3 Å². The fraction of sp³-hybridized carbons (Fsp3) is 0.625. The van der Waals surface area contributed by atoms with Crippen LogP contribution in [0.5, 0.6) is 0 Å². The molecule has 0 aromatic heterocycles. The number of rotatable bonds is 6. The van der Waals surface area contributed by atoms with E-state index in [1.165, 1.54) is 16.7 Å². The van der Waals surface area contributed by atoms with Gasteiger partial charge in [0.2, 0.25) is 0 Å². The average molecular weight is 249 g/mol. The van der Waals surface area contributed by atoms with Crippen LogP contribution in [0.25, 0.3) is 0 Å². The van der Waals surface area contributed by atoms with E-state index in [2.05, 4.69) is 45.9 Å². The molecule has 0 spiro atoms. The zero-order valence-electron chi connectivity index (χ0n) is 12.2. The monoisotopic (exact) mass is 249 g/mol. The number of aryl methyl sites for hydroxylation is 2. The van der Waals surface area contributed by atoms with Crippen molar-refractivity contribution in [1.29, 1.82) is 0 Å². The highest BCUT2D eigenvalue weighted by atomic mass is 16.3. The highest BCUT2D eigenvalue weighted by Crippen LogP contribution is 2.31. The molecular formula is C16H27NO. The first-order chi connectivity index (χ1) is 8.44. The molecule has 1 atom stereocenters. The van der Waals surface area contributed by atoms with Gasteiger partial charge >= 0.3 is 0 Å². The lowest BCUT2D eigenvalue weighted by Crippen LogP contribution is -2.38. The Labute approximate surface area is 111 Å². The van der Waals surface area contributed by atoms with Crippen molar-refractivity contribution in [3.05, 3.63) is 34.9 Å². The normalized spacial score (nSPS) is 14.8. The quantitative estimate of drug-likeness (QED) is 0.814. The Hall–Kier alpha value is -0.860. The molecule has 1 aromatic carbocycles. The lowest BCUT2D eigenvalue weighted by atomic mass is 9.74. The second kappa shape index (κ2) is 6.35. The Morgan fingerprint density at radius 1 is 1.22 bits per heavy atom. The van der Waals surface area contributed by atoms with Gasteiger partial charge in [-0.15, -0.1) is 0 Å². The first-order valence-corrected chi connectivity index (χ1v) is 6.80. The topological polar surface area (TPSA) is 46.2 Å². The van der Waals surface area contributed by atoms with Gasteiger partial charge in [0.05, 0.1) is 6.61 Å². The summed E-state index contributed by atoms with van der Waals surface area (Å²) in [6, 6.07) is 6.35. The lowest BCUT2D eigenvalue weighted by Gasteiger charge is -2.33. The van der Waals surface area contributed by atoms with E-state index in [0.717, 1.165) is 12.8 Å². The van der Waals surface area contributed by atoms with E-state index in [4.69, 9.17) is 5.73 Å². The number of nitrogens with two attached hydrogens (primary N) is 1. The third-order valence-electron chi connectivity index (χ3n) is 3.81. The van der Waals surface area contributed by atoms with Gasteiger partial charge in [0, 0.05) is 12.0 Å². The Balaban J connectivity index is 3.03. The SMILES string of the molecule is Cc1cccc(C)c1CC(CN)(CO)CC(C)C. The van der Waals surface area contributed by atoms with E-state index in [1.807, 2.05) is 0 Å². The molecule has 3 N–H and O–H groups in total. The van der Waals surface area contributed by atoms with E-state index < -0.39 is 0 Å². The van der Waals surface area contributed by atoms with Crippen LogP contribution in [0.1, 0.15) is 37.0 Å². The average Bonchev–Trinajstić information content (AvgIpc) is 2.32. The van der Waals surface area contributed by atoms with Crippen LogP contribution in [0.4, 0.5) is 0 Å². The first-order valence-electron chi connectivity index (χ1n) is 6.80. The van der Waals surface area contributed by atoms with Crippen LogP contribution in [0.3, 0.4) is 0 Å². The van der Waals surface area contributed by atoms with Gasteiger partial charge in [-0.25, -0.2) is 0 Å². The summed E-state index contributed by atoms with van der Waals surface area (Å²) < 4.78 is 0. The Morgan fingerprint density at radius 3 is 2.17 bits per heavy atom. The molecule has 0 aliphatic carbocycles. The minimum atomic E-state index is -0.176. The van der Waals surface area contributed by atoms with E-state index in [9.17, 15) is 5.11 Å². The largest absolute Gasteiger partial charge is 0.396 e. The van der Waals surface area contributed by atoms with E-state index in [0.29, 0.717) is 12.5 Å². The molecule has 102 valence electrons. The number of hydrogen-bond donors (Lipinski definition) is 2. The van der Waals surface area contributed by atoms with Gasteiger partial charge in [-0.3, -0.25) is 0 Å². The van der Waals surface area contributed by atoms with Crippen molar-refractivity contribution in [1.82, 2.24) is 0 Å². The predicted molar refractivity (Wildman–Crippen MR) is 77.6 cm³/mol. The molecule has 2 nitrogen and oxygen atoms in total. The van der Waals surface area contributed by atoms with Crippen molar-refractivity contribution >= 4 is 0 Å². The van der Waals surface area contributed by atoms with Gasteiger partial charge in [0.1, 0.15) is 0 Å². The van der Waals surface area contributed by atoms with Crippen molar-refractivity contribution in [2.75, 3.05) is 13.2 Å². The summed E-state index contributed by atoms with van der Waals surface area (Å²) in [7, 11) is 0. The maximum atomic E-state index is 9.79. The second-order valence-electron chi connectivity index (χ2n) is 6.01. The summed E-state index contributed by atoms with van der Waals surface area (Å²) >= 11 is 0. The van der Waals surface area contributed by atoms with Crippen molar-refractivity contribution in [2.24, 2.45) is 17.1 Å². The molecule has 0 heterocycles. The molecular weight excluding hydrogens is 222 g/mol. The molecule has 0 amide bonds. The van der Waals surface area contributed by atoms with Crippen LogP contribution in [-0.4, -0.2) is 18.3 Å². The summed E-state index contributed by atoms with van der Waals surface area (Å²) in [6.07, 6.45) is 1.84. The minimum absolute atomic E-state index is 0.162.